The van der Waals surface area contributed by atoms with Crippen molar-refractivity contribution in [1.82, 2.24) is 4.72 Å². The largest absolute Gasteiger partial charge is 0.306 e. The van der Waals surface area contributed by atoms with E-state index in [4.69, 9.17) is 0 Å². The van der Waals surface area contributed by atoms with Gasteiger partial charge in [0, 0.05) is 11.6 Å². The summed E-state index contributed by atoms with van der Waals surface area (Å²) in [5.41, 5.74) is -1.34. The molecule has 0 heterocycles. The Morgan fingerprint density at radius 3 is 2.43 bits per heavy atom. The van der Waals surface area contributed by atoms with Crippen LogP contribution in [0.1, 0.15) is 32.3 Å². The minimum Gasteiger partial charge on any atom is -0.258 e. The van der Waals surface area contributed by atoms with Gasteiger partial charge in [-0.2, -0.15) is 4.39 Å². The van der Waals surface area contributed by atoms with Gasteiger partial charge in [-0.1, -0.05) is 0 Å². The van der Waals surface area contributed by atoms with Crippen LogP contribution in [-0.4, -0.2) is 18.9 Å². The Labute approximate surface area is 122 Å². The molecular formula is C13H17FN2O4S. The Balaban J connectivity index is 2.44. The Kier molecular flexibility index (Phi) is 3.79. The van der Waals surface area contributed by atoms with Crippen LogP contribution in [0, 0.1) is 28.8 Å². The molecule has 0 unspecified atom stereocenters. The molecule has 1 aromatic rings. The highest BCUT2D eigenvalue weighted by atomic mass is 32.2. The summed E-state index contributed by atoms with van der Waals surface area (Å²) in [5.74, 6) is -0.791. The monoisotopic (exact) mass is 316 g/mol. The SMILES string of the molecule is Cc1cc(F)c([N+](=O)[O-])cc1S(=O)(=O)NC(C)(C)C1CC1. The second-order valence-corrected chi connectivity index (χ2v) is 7.58. The van der Waals surface area contributed by atoms with E-state index in [1.165, 1.54) is 6.92 Å². The molecule has 1 aromatic carbocycles. The molecule has 116 valence electrons. The molecule has 0 amide bonds. The number of nitro groups is 1. The number of sulfonamides is 1. The maximum Gasteiger partial charge on any atom is 0.306 e. The van der Waals surface area contributed by atoms with Gasteiger partial charge < -0.3 is 0 Å². The standard InChI is InChI=1S/C13H17FN2O4S/c1-8-6-10(14)11(16(17)18)7-12(8)21(19,20)15-13(2,3)9-4-5-9/h6-7,9,15H,4-5H2,1-3H3. The molecule has 1 aliphatic rings. The third kappa shape index (κ3) is 3.21. The van der Waals surface area contributed by atoms with Gasteiger partial charge in [-0.25, -0.2) is 13.1 Å². The molecular weight excluding hydrogens is 299 g/mol. The van der Waals surface area contributed by atoms with Gasteiger partial charge in [0.1, 0.15) is 0 Å². The summed E-state index contributed by atoms with van der Waals surface area (Å²) in [7, 11) is -3.95. The van der Waals surface area contributed by atoms with Gasteiger partial charge in [-0.3, -0.25) is 10.1 Å². The summed E-state index contributed by atoms with van der Waals surface area (Å²) in [6, 6.07) is 1.65. The number of aryl methyl sites for hydroxylation is 1. The van der Waals surface area contributed by atoms with Crippen LogP contribution in [0.2, 0.25) is 0 Å². The minimum atomic E-state index is -3.95. The Morgan fingerprint density at radius 2 is 1.95 bits per heavy atom. The van der Waals surface area contributed by atoms with Crippen molar-refractivity contribution in [2.45, 2.75) is 44.0 Å². The van der Waals surface area contributed by atoms with E-state index in [9.17, 15) is 22.9 Å². The van der Waals surface area contributed by atoms with Crippen molar-refractivity contribution in [3.8, 4) is 0 Å². The number of hydrogen-bond acceptors (Lipinski definition) is 4. The first-order valence-corrected chi connectivity index (χ1v) is 8.01. The smallest absolute Gasteiger partial charge is 0.258 e. The van der Waals surface area contributed by atoms with Gasteiger partial charge in [0.2, 0.25) is 15.8 Å². The fourth-order valence-corrected chi connectivity index (χ4v) is 4.08. The lowest BCUT2D eigenvalue weighted by molar-refractivity contribution is -0.387. The second-order valence-electron chi connectivity index (χ2n) is 5.93. The molecule has 0 radical (unpaired) electrons. The van der Waals surface area contributed by atoms with E-state index >= 15 is 0 Å². The Bertz CT molecular complexity index is 696. The molecule has 1 N–H and O–H groups in total. The maximum absolute atomic E-state index is 13.5. The van der Waals surface area contributed by atoms with Crippen molar-refractivity contribution in [1.29, 1.82) is 0 Å². The third-order valence-corrected chi connectivity index (χ3v) is 5.54. The highest BCUT2D eigenvalue weighted by molar-refractivity contribution is 7.89. The number of hydrogen-bond donors (Lipinski definition) is 1. The van der Waals surface area contributed by atoms with E-state index in [2.05, 4.69) is 4.72 Å². The van der Waals surface area contributed by atoms with Crippen LogP contribution in [0.15, 0.2) is 17.0 Å². The summed E-state index contributed by atoms with van der Waals surface area (Å²) < 4.78 is 40.9. The molecule has 0 aliphatic heterocycles. The zero-order valence-corrected chi connectivity index (χ0v) is 12.8. The predicted molar refractivity (Wildman–Crippen MR) is 74.9 cm³/mol. The first-order valence-electron chi connectivity index (χ1n) is 6.53. The van der Waals surface area contributed by atoms with Crippen LogP contribution in [0.25, 0.3) is 0 Å². The van der Waals surface area contributed by atoms with Crippen molar-refractivity contribution in [2.75, 3.05) is 0 Å². The summed E-state index contributed by atoms with van der Waals surface area (Å²) in [6.45, 7) is 4.95. The maximum atomic E-state index is 13.5. The molecule has 0 spiro atoms. The lowest BCUT2D eigenvalue weighted by Gasteiger charge is -2.26. The number of nitrogens with zero attached hydrogens (tertiary/aromatic N) is 1. The summed E-state index contributed by atoms with van der Waals surface area (Å²) in [6.07, 6.45) is 1.89. The summed E-state index contributed by atoms with van der Waals surface area (Å²) >= 11 is 0. The average Bonchev–Trinajstić information content (AvgIpc) is 3.09. The van der Waals surface area contributed by atoms with Crippen molar-refractivity contribution in [2.24, 2.45) is 5.92 Å². The van der Waals surface area contributed by atoms with E-state index in [-0.39, 0.29) is 16.4 Å². The van der Waals surface area contributed by atoms with Crippen molar-refractivity contribution in [3.63, 3.8) is 0 Å². The van der Waals surface area contributed by atoms with E-state index in [1.54, 1.807) is 13.8 Å². The van der Waals surface area contributed by atoms with Gasteiger partial charge in [-0.05, 0) is 51.2 Å². The normalized spacial score (nSPS) is 16.0. The zero-order chi connectivity index (χ0) is 16.0. The predicted octanol–water partition coefficient (Wildman–Crippen LogP) is 2.51. The highest BCUT2D eigenvalue weighted by Gasteiger charge is 2.41. The highest BCUT2D eigenvalue weighted by Crippen LogP contribution is 2.40. The van der Waals surface area contributed by atoms with Crippen LogP contribution < -0.4 is 4.72 Å². The number of halogens is 1. The van der Waals surface area contributed by atoms with E-state index in [1.807, 2.05) is 0 Å². The number of nitro benzene ring substituents is 1. The number of rotatable bonds is 5. The molecule has 1 aliphatic carbocycles. The van der Waals surface area contributed by atoms with Crippen LogP contribution in [-0.2, 0) is 10.0 Å². The lowest BCUT2D eigenvalue weighted by atomic mass is 10.0. The molecule has 2 rings (SSSR count). The van der Waals surface area contributed by atoms with Crippen LogP contribution in [0.5, 0.6) is 0 Å². The van der Waals surface area contributed by atoms with Gasteiger partial charge >= 0.3 is 5.69 Å². The van der Waals surface area contributed by atoms with Gasteiger partial charge in [0.05, 0.1) is 9.82 Å². The van der Waals surface area contributed by atoms with Crippen molar-refractivity contribution < 1.29 is 17.7 Å². The Morgan fingerprint density at radius 1 is 1.38 bits per heavy atom. The molecule has 1 fully saturated rings. The summed E-state index contributed by atoms with van der Waals surface area (Å²) in [4.78, 5) is 9.58. The lowest BCUT2D eigenvalue weighted by Crippen LogP contribution is -2.45. The van der Waals surface area contributed by atoms with Gasteiger partial charge in [-0.15, -0.1) is 0 Å². The van der Waals surface area contributed by atoms with Crippen LogP contribution in [0.4, 0.5) is 10.1 Å². The van der Waals surface area contributed by atoms with E-state index in [0.717, 1.165) is 25.0 Å². The van der Waals surface area contributed by atoms with Crippen LogP contribution >= 0.6 is 0 Å². The molecule has 0 bridgehead atoms. The first-order chi connectivity index (χ1) is 9.54. The minimum absolute atomic E-state index is 0.136. The fourth-order valence-electron chi connectivity index (χ4n) is 2.36. The molecule has 0 saturated heterocycles. The fraction of sp³-hybridized carbons (Fsp3) is 0.538. The first kappa shape index (κ1) is 15.8. The van der Waals surface area contributed by atoms with Gasteiger partial charge in [0.25, 0.3) is 0 Å². The third-order valence-electron chi connectivity index (χ3n) is 3.73. The average molecular weight is 316 g/mol. The van der Waals surface area contributed by atoms with E-state index < -0.39 is 32.0 Å². The van der Waals surface area contributed by atoms with Crippen molar-refractivity contribution in [3.05, 3.63) is 33.6 Å². The molecule has 21 heavy (non-hydrogen) atoms. The molecule has 8 heteroatoms. The molecule has 6 nitrogen and oxygen atoms in total. The molecule has 0 atom stereocenters. The summed E-state index contributed by atoms with van der Waals surface area (Å²) in [5, 5.41) is 10.8. The topological polar surface area (TPSA) is 89.3 Å². The zero-order valence-electron chi connectivity index (χ0n) is 12.0. The van der Waals surface area contributed by atoms with Crippen molar-refractivity contribution >= 4 is 15.7 Å². The Hall–Kier alpha value is -1.54. The molecule has 1 saturated carbocycles. The quantitative estimate of drug-likeness (QED) is 0.667. The van der Waals surface area contributed by atoms with Gasteiger partial charge in [0.15, 0.2) is 0 Å². The number of nitrogens with one attached hydrogen (secondary N) is 1. The number of benzene rings is 1. The van der Waals surface area contributed by atoms with Crippen LogP contribution in [0.3, 0.4) is 0 Å². The second kappa shape index (κ2) is 5.03. The molecule has 0 aromatic heterocycles. The van der Waals surface area contributed by atoms with E-state index in [0.29, 0.717) is 0 Å².